The highest BCUT2D eigenvalue weighted by molar-refractivity contribution is 5.28. The fraction of sp³-hybridized carbons (Fsp3) is 0.444. The summed E-state index contributed by atoms with van der Waals surface area (Å²) in [4.78, 5) is 3.39. The average molecular weight is 220 g/mol. The SMILES string of the molecule is NCCC(O)c1ccncc1C(F)(F)F. The fourth-order valence-electron chi connectivity index (χ4n) is 1.25. The van der Waals surface area contributed by atoms with Crippen molar-refractivity contribution in [3.8, 4) is 0 Å². The first-order valence-electron chi connectivity index (χ1n) is 4.36. The number of aliphatic hydroxyl groups is 1. The molecule has 0 aliphatic heterocycles. The zero-order chi connectivity index (χ0) is 11.5. The highest BCUT2D eigenvalue weighted by Gasteiger charge is 2.34. The normalized spacial score (nSPS) is 13.9. The summed E-state index contributed by atoms with van der Waals surface area (Å²) in [5.41, 5.74) is 4.08. The Balaban J connectivity index is 3.06. The number of aliphatic hydroxyl groups excluding tert-OH is 1. The number of halogens is 3. The smallest absolute Gasteiger partial charge is 0.388 e. The third-order valence-corrected chi connectivity index (χ3v) is 1.96. The van der Waals surface area contributed by atoms with Gasteiger partial charge in [-0.05, 0) is 24.6 Å². The third kappa shape index (κ3) is 2.90. The van der Waals surface area contributed by atoms with Crippen molar-refractivity contribution < 1.29 is 18.3 Å². The topological polar surface area (TPSA) is 59.1 Å². The lowest BCUT2D eigenvalue weighted by Crippen LogP contribution is -2.14. The lowest BCUT2D eigenvalue weighted by molar-refractivity contribution is -0.139. The van der Waals surface area contributed by atoms with Crippen LogP contribution in [0.1, 0.15) is 23.7 Å². The van der Waals surface area contributed by atoms with Gasteiger partial charge in [0.15, 0.2) is 0 Å². The van der Waals surface area contributed by atoms with E-state index in [0.717, 1.165) is 6.07 Å². The monoisotopic (exact) mass is 220 g/mol. The van der Waals surface area contributed by atoms with E-state index in [1.54, 1.807) is 0 Å². The molecule has 0 fully saturated rings. The van der Waals surface area contributed by atoms with Crippen molar-refractivity contribution in [3.63, 3.8) is 0 Å². The standard InChI is InChI=1S/C9H11F3N2O/c10-9(11,12)7-5-14-4-2-6(7)8(15)1-3-13/h2,4-5,8,15H,1,3,13H2. The summed E-state index contributed by atoms with van der Waals surface area (Å²) in [7, 11) is 0. The second kappa shape index (κ2) is 4.59. The number of nitrogens with zero attached hydrogens (tertiary/aromatic N) is 1. The van der Waals surface area contributed by atoms with Crippen molar-refractivity contribution in [2.45, 2.75) is 18.7 Å². The molecule has 1 heterocycles. The minimum Gasteiger partial charge on any atom is -0.388 e. The van der Waals surface area contributed by atoms with Crippen molar-refractivity contribution in [2.75, 3.05) is 6.54 Å². The Morgan fingerprint density at radius 3 is 2.67 bits per heavy atom. The lowest BCUT2D eigenvalue weighted by atomic mass is 10.0. The summed E-state index contributed by atoms with van der Waals surface area (Å²) < 4.78 is 37.4. The Kier molecular flexibility index (Phi) is 3.65. The summed E-state index contributed by atoms with van der Waals surface area (Å²) in [5.74, 6) is 0. The molecule has 0 saturated heterocycles. The van der Waals surface area contributed by atoms with Crippen LogP contribution in [0.15, 0.2) is 18.5 Å². The molecule has 0 aliphatic rings. The van der Waals surface area contributed by atoms with Crippen LogP contribution in [0.2, 0.25) is 0 Å². The van der Waals surface area contributed by atoms with Crippen molar-refractivity contribution >= 4 is 0 Å². The molecule has 1 aromatic heterocycles. The first-order chi connectivity index (χ1) is 6.96. The van der Waals surface area contributed by atoms with Crippen LogP contribution in [0.25, 0.3) is 0 Å². The van der Waals surface area contributed by atoms with Gasteiger partial charge in [-0.25, -0.2) is 0 Å². The number of hydrogen-bond donors (Lipinski definition) is 2. The van der Waals surface area contributed by atoms with Gasteiger partial charge < -0.3 is 10.8 Å². The molecule has 0 spiro atoms. The highest BCUT2D eigenvalue weighted by Crippen LogP contribution is 2.34. The summed E-state index contributed by atoms with van der Waals surface area (Å²) >= 11 is 0. The van der Waals surface area contributed by atoms with E-state index in [1.807, 2.05) is 0 Å². The molecule has 0 amide bonds. The van der Waals surface area contributed by atoms with Crippen molar-refractivity contribution in [3.05, 3.63) is 29.6 Å². The average Bonchev–Trinajstić information content (AvgIpc) is 2.17. The summed E-state index contributed by atoms with van der Waals surface area (Å²) in [6, 6.07) is 1.16. The molecule has 1 aromatic rings. The second-order valence-electron chi connectivity index (χ2n) is 3.05. The lowest BCUT2D eigenvalue weighted by Gasteiger charge is -2.16. The van der Waals surface area contributed by atoms with Gasteiger partial charge in [0.25, 0.3) is 0 Å². The first kappa shape index (κ1) is 11.9. The van der Waals surface area contributed by atoms with Gasteiger partial charge in [0, 0.05) is 12.4 Å². The first-order valence-corrected chi connectivity index (χ1v) is 4.36. The van der Waals surface area contributed by atoms with Gasteiger partial charge in [0.1, 0.15) is 0 Å². The molecule has 1 atom stereocenters. The molecule has 15 heavy (non-hydrogen) atoms. The van der Waals surface area contributed by atoms with Crippen LogP contribution in [-0.4, -0.2) is 16.6 Å². The van der Waals surface area contributed by atoms with Crippen LogP contribution >= 0.6 is 0 Å². The molecule has 0 bridgehead atoms. The Morgan fingerprint density at radius 2 is 2.13 bits per heavy atom. The molecule has 1 rings (SSSR count). The highest BCUT2D eigenvalue weighted by atomic mass is 19.4. The number of aromatic nitrogens is 1. The molecular formula is C9H11F3N2O. The van der Waals surface area contributed by atoms with Gasteiger partial charge in [0.05, 0.1) is 11.7 Å². The number of hydrogen-bond acceptors (Lipinski definition) is 3. The largest absolute Gasteiger partial charge is 0.418 e. The zero-order valence-electron chi connectivity index (χ0n) is 7.83. The molecule has 3 nitrogen and oxygen atoms in total. The summed E-state index contributed by atoms with van der Waals surface area (Å²) in [5, 5.41) is 9.46. The van der Waals surface area contributed by atoms with Gasteiger partial charge >= 0.3 is 6.18 Å². The van der Waals surface area contributed by atoms with Crippen molar-refractivity contribution in [1.82, 2.24) is 4.98 Å². The van der Waals surface area contributed by atoms with E-state index in [4.69, 9.17) is 5.73 Å². The maximum atomic E-state index is 12.5. The Bertz CT molecular complexity index is 327. The fourth-order valence-corrected chi connectivity index (χ4v) is 1.25. The van der Waals surface area contributed by atoms with E-state index in [1.165, 1.54) is 6.20 Å². The minimum atomic E-state index is -4.50. The van der Waals surface area contributed by atoms with Crippen molar-refractivity contribution in [1.29, 1.82) is 0 Å². The van der Waals surface area contributed by atoms with Crippen LogP contribution in [0.3, 0.4) is 0 Å². The molecule has 0 aromatic carbocycles. The third-order valence-electron chi connectivity index (χ3n) is 1.96. The maximum Gasteiger partial charge on any atom is 0.418 e. The number of rotatable bonds is 3. The van der Waals surface area contributed by atoms with Gasteiger partial charge in [-0.3, -0.25) is 4.98 Å². The van der Waals surface area contributed by atoms with E-state index in [2.05, 4.69) is 4.98 Å². The summed E-state index contributed by atoms with van der Waals surface area (Å²) in [6.07, 6.45) is -3.69. The number of pyridine rings is 1. The molecule has 84 valence electrons. The van der Waals surface area contributed by atoms with Crippen LogP contribution < -0.4 is 5.73 Å². The van der Waals surface area contributed by atoms with E-state index < -0.39 is 17.8 Å². The molecule has 0 aliphatic carbocycles. The van der Waals surface area contributed by atoms with Gasteiger partial charge in [-0.2, -0.15) is 13.2 Å². The second-order valence-corrected chi connectivity index (χ2v) is 3.05. The van der Waals surface area contributed by atoms with E-state index in [9.17, 15) is 18.3 Å². The van der Waals surface area contributed by atoms with Crippen LogP contribution in [0.4, 0.5) is 13.2 Å². The van der Waals surface area contributed by atoms with Gasteiger partial charge in [-0.15, -0.1) is 0 Å². The molecule has 0 saturated carbocycles. The molecule has 1 unspecified atom stereocenters. The van der Waals surface area contributed by atoms with Gasteiger partial charge in [0.2, 0.25) is 0 Å². The predicted molar refractivity (Wildman–Crippen MR) is 47.9 cm³/mol. The summed E-state index contributed by atoms with van der Waals surface area (Å²) in [6.45, 7) is 0.126. The minimum absolute atomic E-state index is 0.0904. The van der Waals surface area contributed by atoms with Crippen LogP contribution in [-0.2, 0) is 6.18 Å². The molecule has 3 N–H and O–H groups in total. The van der Waals surface area contributed by atoms with Crippen LogP contribution in [0.5, 0.6) is 0 Å². The Hall–Kier alpha value is -1.14. The Morgan fingerprint density at radius 1 is 1.47 bits per heavy atom. The molecular weight excluding hydrogens is 209 g/mol. The number of alkyl halides is 3. The van der Waals surface area contributed by atoms with E-state index in [0.29, 0.717) is 6.20 Å². The molecule has 0 radical (unpaired) electrons. The quantitative estimate of drug-likeness (QED) is 0.811. The van der Waals surface area contributed by atoms with E-state index in [-0.39, 0.29) is 18.5 Å². The molecule has 6 heteroatoms. The Labute approximate surface area is 84.7 Å². The maximum absolute atomic E-state index is 12.5. The van der Waals surface area contributed by atoms with Crippen molar-refractivity contribution in [2.24, 2.45) is 5.73 Å². The zero-order valence-corrected chi connectivity index (χ0v) is 7.83. The van der Waals surface area contributed by atoms with Gasteiger partial charge in [-0.1, -0.05) is 0 Å². The number of nitrogens with two attached hydrogens (primary N) is 1. The van der Waals surface area contributed by atoms with Crippen LogP contribution in [0, 0.1) is 0 Å². The predicted octanol–water partition coefficient (Wildman–Crippen LogP) is 1.48. The van der Waals surface area contributed by atoms with E-state index >= 15 is 0 Å².